The number of aliphatic hydroxyl groups is 2. The molecule has 1 aliphatic heterocycles. The molecule has 1 saturated heterocycles. The lowest BCUT2D eigenvalue weighted by Gasteiger charge is -2.35. The number of aliphatic hydroxyl groups excluding tert-OH is 2. The van der Waals surface area contributed by atoms with Crippen molar-refractivity contribution >= 4 is 0 Å². The number of aromatic nitrogens is 1. The summed E-state index contributed by atoms with van der Waals surface area (Å²) in [6.45, 7) is 6.07. The molecule has 2 heterocycles. The van der Waals surface area contributed by atoms with E-state index in [-0.39, 0.29) is 24.9 Å². The molecule has 0 radical (unpaired) electrons. The molecular weight excluding hydrogens is 384 g/mol. The summed E-state index contributed by atoms with van der Waals surface area (Å²) in [5.41, 5.74) is 2.26. The van der Waals surface area contributed by atoms with Gasteiger partial charge in [-0.1, -0.05) is 17.3 Å². The standard InChI is InChI=1S/C23H32N2O5/c1-15-11-25(12-16(2)28-15)13-21(27)23-10-20(24-30-23)17-7-8-18(14-26)22(9-17)29-19-5-3-4-6-19/h7-10,15-16,19,21,26-27H,3-6,11-14H2,1-2H3. The van der Waals surface area contributed by atoms with E-state index in [4.69, 9.17) is 14.0 Å². The van der Waals surface area contributed by atoms with Crippen molar-refractivity contribution in [2.45, 2.75) is 70.6 Å². The van der Waals surface area contributed by atoms with Crippen molar-refractivity contribution in [3.63, 3.8) is 0 Å². The van der Waals surface area contributed by atoms with Crippen LogP contribution in [0.1, 0.15) is 57.0 Å². The number of benzene rings is 1. The summed E-state index contributed by atoms with van der Waals surface area (Å²) in [5, 5.41) is 24.5. The van der Waals surface area contributed by atoms with Gasteiger partial charge in [0.05, 0.1) is 24.9 Å². The van der Waals surface area contributed by atoms with Crippen molar-refractivity contribution in [3.8, 4) is 17.0 Å². The van der Waals surface area contributed by atoms with Crippen molar-refractivity contribution in [3.05, 3.63) is 35.6 Å². The van der Waals surface area contributed by atoms with Crippen molar-refractivity contribution in [2.24, 2.45) is 0 Å². The highest BCUT2D eigenvalue weighted by molar-refractivity contribution is 5.62. The number of nitrogens with zero attached hydrogens (tertiary/aromatic N) is 2. The van der Waals surface area contributed by atoms with Gasteiger partial charge in [-0.05, 0) is 45.6 Å². The number of rotatable bonds is 7. The zero-order valence-electron chi connectivity index (χ0n) is 17.8. The molecule has 2 aromatic rings. The van der Waals surface area contributed by atoms with Crippen LogP contribution in [-0.4, -0.2) is 58.2 Å². The Hall–Kier alpha value is -1.93. The fourth-order valence-electron chi connectivity index (χ4n) is 4.49. The van der Waals surface area contributed by atoms with Crippen LogP contribution in [-0.2, 0) is 11.3 Å². The second-order valence-electron chi connectivity index (χ2n) is 8.61. The SMILES string of the molecule is CC1CN(CC(O)c2cc(-c3ccc(CO)c(OC4CCCC4)c3)no2)CC(C)O1. The lowest BCUT2D eigenvalue weighted by Crippen LogP contribution is -2.46. The first-order valence-corrected chi connectivity index (χ1v) is 10.9. The van der Waals surface area contributed by atoms with E-state index in [1.54, 1.807) is 6.07 Å². The molecule has 1 aliphatic carbocycles. The smallest absolute Gasteiger partial charge is 0.167 e. The molecule has 1 saturated carbocycles. The molecule has 2 aliphatic rings. The highest BCUT2D eigenvalue weighted by atomic mass is 16.5. The van der Waals surface area contributed by atoms with Gasteiger partial charge in [-0.25, -0.2) is 0 Å². The van der Waals surface area contributed by atoms with Gasteiger partial charge in [0.1, 0.15) is 17.5 Å². The van der Waals surface area contributed by atoms with Gasteiger partial charge in [0.25, 0.3) is 0 Å². The van der Waals surface area contributed by atoms with Gasteiger partial charge in [0, 0.05) is 36.8 Å². The Bertz CT molecular complexity index is 823. The fourth-order valence-corrected chi connectivity index (χ4v) is 4.49. The van der Waals surface area contributed by atoms with Gasteiger partial charge >= 0.3 is 0 Å². The zero-order valence-corrected chi connectivity index (χ0v) is 17.8. The lowest BCUT2D eigenvalue weighted by atomic mass is 10.1. The maximum atomic E-state index is 10.7. The van der Waals surface area contributed by atoms with E-state index in [1.165, 1.54) is 12.8 Å². The predicted octanol–water partition coefficient (Wildman–Crippen LogP) is 3.30. The number of ether oxygens (including phenoxy) is 2. The summed E-state index contributed by atoms with van der Waals surface area (Å²) < 4.78 is 17.4. The van der Waals surface area contributed by atoms with Crippen LogP contribution < -0.4 is 4.74 Å². The van der Waals surface area contributed by atoms with E-state index in [0.717, 1.165) is 37.1 Å². The van der Waals surface area contributed by atoms with Gasteiger partial charge < -0.3 is 24.2 Å². The molecule has 4 rings (SSSR count). The molecule has 7 heteroatoms. The first-order chi connectivity index (χ1) is 14.5. The van der Waals surface area contributed by atoms with Gasteiger partial charge in [-0.15, -0.1) is 0 Å². The molecule has 30 heavy (non-hydrogen) atoms. The van der Waals surface area contributed by atoms with Gasteiger partial charge in [-0.3, -0.25) is 4.90 Å². The Morgan fingerprint density at radius 3 is 2.60 bits per heavy atom. The Kier molecular flexibility index (Phi) is 6.73. The van der Waals surface area contributed by atoms with Crippen LogP contribution in [0.25, 0.3) is 11.3 Å². The van der Waals surface area contributed by atoms with E-state index < -0.39 is 6.10 Å². The number of hydrogen-bond donors (Lipinski definition) is 2. The number of morpholine rings is 1. The molecule has 2 N–H and O–H groups in total. The molecule has 3 unspecified atom stereocenters. The molecule has 164 valence electrons. The summed E-state index contributed by atoms with van der Waals surface area (Å²) in [6, 6.07) is 7.45. The molecule has 2 fully saturated rings. The number of hydrogen-bond acceptors (Lipinski definition) is 7. The topological polar surface area (TPSA) is 88.2 Å². The maximum absolute atomic E-state index is 10.7. The average Bonchev–Trinajstić information content (AvgIpc) is 3.39. The van der Waals surface area contributed by atoms with Gasteiger partial charge in [-0.2, -0.15) is 0 Å². The third-order valence-corrected chi connectivity index (χ3v) is 5.91. The quantitative estimate of drug-likeness (QED) is 0.716. The van der Waals surface area contributed by atoms with E-state index in [1.807, 2.05) is 32.0 Å². The fraction of sp³-hybridized carbons (Fsp3) is 0.609. The minimum Gasteiger partial charge on any atom is -0.490 e. The number of β-amino-alcohol motifs (C(OH)–C–C–N with tert-alkyl or cyclic N) is 1. The highest BCUT2D eigenvalue weighted by Gasteiger charge is 2.26. The Morgan fingerprint density at radius 1 is 1.17 bits per heavy atom. The Balaban J connectivity index is 1.46. The summed E-state index contributed by atoms with van der Waals surface area (Å²) in [6.07, 6.45) is 4.22. The molecule has 0 spiro atoms. The van der Waals surface area contributed by atoms with Crippen LogP contribution in [0, 0.1) is 0 Å². The first-order valence-electron chi connectivity index (χ1n) is 10.9. The van der Waals surface area contributed by atoms with Crippen LogP contribution in [0.2, 0.25) is 0 Å². The zero-order chi connectivity index (χ0) is 21.1. The lowest BCUT2D eigenvalue weighted by molar-refractivity contribution is -0.0781. The minimum atomic E-state index is -0.755. The first kappa shape index (κ1) is 21.3. The van der Waals surface area contributed by atoms with E-state index in [2.05, 4.69) is 10.1 Å². The third kappa shape index (κ3) is 5.03. The predicted molar refractivity (Wildman–Crippen MR) is 112 cm³/mol. The van der Waals surface area contributed by atoms with Crippen molar-refractivity contribution in [1.29, 1.82) is 0 Å². The third-order valence-electron chi connectivity index (χ3n) is 5.91. The largest absolute Gasteiger partial charge is 0.490 e. The normalized spacial score (nSPS) is 24.3. The molecular formula is C23H32N2O5. The van der Waals surface area contributed by atoms with Crippen LogP contribution >= 0.6 is 0 Å². The Morgan fingerprint density at radius 2 is 1.90 bits per heavy atom. The Labute approximate surface area is 177 Å². The second kappa shape index (κ2) is 9.47. The van der Waals surface area contributed by atoms with E-state index >= 15 is 0 Å². The van der Waals surface area contributed by atoms with Crippen molar-refractivity contribution in [1.82, 2.24) is 10.1 Å². The maximum Gasteiger partial charge on any atom is 0.167 e. The molecule has 1 aromatic heterocycles. The van der Waals surface area contributed by atoms with Crippen LogP contribution in [0.15, 0.2) is 28.8 Å². The van der Waals surface area contributed by atoms with E-state index in [9.17, 15) is 10.2 Å². The van der Waals surface area contributed by atoms with Crippen LogP contribution in [0.4, 0.5) is 0 Å². The molecule has 0 amide bonds. The molecule has 3 atom stereocenters. The van der Waals surface area contributed by atoms with Crippen LogP contribution in [0.5, 0.6) is 5.75 Å². The summed E-state index contributed by atoms with van der Waals surface area (Å²) >= 11 is 0. The average molecular weight is 417 g/mol. The molecule has 1 aromatic carbocycles. The second-order valence-corrected chi connectivity index (χ2v) is 8.61. The summed E-state index contributed by atoms with van der Waals surface area (Å²) in [7, 11) is 0. The van der Waals surface area contributed by atoms with Crippen LogP contribution in [0.3, 0.4) is 0 Å². The molecule has 7 nitrogen and oxygen atoms in total. The monoisotopic (exact) mass is 416 g/mol. The van der Waals surface area contributed by atoms with Gasteiger partial charge in [0.2, 0.25) is 0 Å². The summed E-state index contributed by atoms with van der Waals surface area (Å²) in [5.74, 6) is 1.14. The van der Waals surface area contributed by atoms with Gasteiger partial charge in [0.15, 0.2) is 5.76 Å². The van der Waals surface area contributed by atoms with Crippen molar-refractivity contribution in [2.75, 3.05) is 19.6 Å². The minimum absolute atomic E-state index is 0.0679. The highest BCUT2D eigenvalue weighted by Crippen LogP contribution is 2.32. The molecule has 0 bridgehead atoms. The van der Waals surface area contributed by atoms with E-state index in [0.29, 0.717) is 23.7 Å². The summed E-state index contributed by atoms with van der Waals surface area (Å²) in [4.78, 5) is 2.19. The van der Waals surface area contributed by atoms with Crippen molar-refractivity contribution < 1.29 is 24.2 Å².